The molecule has 116 valence electrons. The van der Waals surface area contributed by atoms with Crippen LogP contribution in [0, 0.1) is 0 Å². The van der Waals surface area contributed by atoms with Crippen LogP contribution in [0.3, 0.4) is 0 Å². The van der Waals surface area contributed by atoms with E-state index in [0.717, 1.165) is 19.3 Å². The van der Waals surface area contributed by atoms with Gasteiger partial charge in [-0.3, -0.25) is 4.79 Å². The van der Waals surface area contributed by atoms with E-state index < -0.39 is 6.03 Å². The number of benzene rings is 1. The van der Waals surface area contributed by atoms with Crippen molar-refractivity contribution in [3.05, 3.63) is 23.2 Å². The zero-order valence-corrected chi connectivity index (χ0v) is 12.7. The largest absolute Gasteiger partial charge is 0.495 e. The Bertz CT molecular complexity index is 494. The first-order chi connectivity index (χ1) is 10.0. The molecule has 3 amide bonds. The number of ether oxygens (including phenoxy) is 1. The molecule has 0 bridgehead atoms. The molecular weight excluding hydrogens is 294 g/mol. The number of carbonyl (C=O) groups excluding carboxylic acids is 2. The second-order valence-corrected chi connectivity index (χ2v) is 4.93. The molecule has 7 heteroatoms. The van der Waals surface area contributed by atoms with Crippen LogP contribution in [-0.4, -0.2) is 25.6 Å². The molecule has 0 spiro atoms. The fourth-order valence-electron chi connectivity index (χ4n) is 1.79. The third-order valence-electron chi connectivity index (χ3n) is 2.82. The predicted octanol–water partition coefficient (Wildman–Crippen LogP) is 2.52. The summed E-state index contributed by atoms with van der Waals surface area (Å²) in [4.78, 5) is 22.3. The van der Waals surface area contributed by atoms with Gasteiger partial charge in [-0.15, -0.1) is 0 Å². The summed E-state index contributed by atoms with van der Waals surface area (Å²) in [6.45, 7) is 0.527. The molecule has 6 nitrogen and oxygen atoms in total. The van der Waals surface area contributed by atoms with Gasteiger partial charge in [0.15, 0.2) is 0 Å². The van der Waals surface area contributed by atoms with Crippen LogP contribution in [0.4, 0.5) is 10.5 Å². The number of hydrogen-bond donors (Lipinski definition) is 3. The number of nitrogens with two attached hydrogens (primary N) is 1. The molecule has 0 aliphatic rings. The predicted molar refractivity (Wildman–Crippen MR) is 82.7 cm³/mol. The number of urea groups is 1. The van der Waals surface area contributed by atoms with Crippen LogP contribution in [0.2, 0.25) is 5.02 Å². The minimum absolute atomic E-state index is 0.0987. The van der Waals surface area contributed by atoms with Gasteiger partial charge < -0.3 is 21.1 Å². The standard InChI is InChI=1S/C14H20ClN3O3/c1-21-12-7-6-10(15)9-11(12)18-13(19)5-3-2-4-8-17-14(16)20/h6-7,9H,2-5,8H2,1H3,(H,18,19)(H3,16,17,20). The van der Waals surface area contributed by atoms with Gasteiger partial charge in [0.05, 0.1) is 12.8 Å². The smallest absolute Gasteiger partial charge is 0.312 e. The van der Waals surface area contributed by atoms with Crippen LogP contribution < -0.4 is 21.1 Å². The number of anilines is 1. The number of nitrogens with one attached hydrogen (secondary N) is 2. The van der Waals surface area contributed by atoms with Crippen molar-refractivity contribution in [1.82, 2.24) is 5.32 Å². The average molecular weight is 314 g/mol. The lowest BCUT2D eigenvalue weighted by Gasteiger charge is -2.10. The third-order valence-corrected chi connectivity index (χ3v) is 3.05. The van der Waals surface area contributed by atoms with Crippen molar-refractivity contribution in [3.63, 3.8) is 0 Å². The highest BCUT2D eigenvalue weighted by Crippen LogP contribution is 2.27. The second-order valence-electron chi connectivity index (χ2n) is 4.49. The number of rotatable bonds is 8. The second kappa shape index (κ2) is 9.07. The van der Waals surface area contributed by atoms with Crippen LogP contribution in [0.1, 0.15) is 25.7 Å². The molecule has 0 aliphatic heterocycles. The summed E-state index contributed by atoms with van der Waals surface area (Å²) in [7, 11) is 1.53. The molecule has 0 radical (unpaired) electrons. The normalized spacial score (nSPS) is 10.0. The molecule has 21 heavy (non-hydrogen) atoms. The summed E-state index contributed by atoms with van der Waals surface area (Å²) in [5, 5.41) is 5.81. The van der Waals surface area contributed by atoms with Gasteiger partial charge in [-0.05, 0) is 31.0 Å². The quantitative estimate of drug-likeness (QED) is 0.644. The van der Waals surface area contributed by atoms with Crippen molar-refractivity contribution in [2.24, 2.45) is 5.73 Å². The van der Waals surface area contributed by atoms with Gasteiger partial charge in [0.25, 0.3) is 0 Å². The minimum atomic E-state index is -0.527. The van der Waals surface area contributed by atoms with Crippen LogP contribution in [0.25, 0.3) is 0 Å². The van der Waals surface area contributed by atoms with Gasteiger partial charge in [0.1, 0.15) is 5.75 Å². The number of hydrogen-bond acceptors (Lipinski definition) is 3. The van der Waals surface area contributed by atoms with Crippen molar-refractivity contribution in [2.75, 3.05) is 19.0 Å². The van der Waals surface area contributed by atoms with E-state index in [9.17, 15) is 9.59 Å². The number of unbranched alkanes of at least 4 members (excludes halogenated alkanes) is 2. The van der Waals surface area contributed by atoms with E-state index in [4.69, 9.17) is 22.1 Å². The van der Waals surface area contributed by atoms with Gasteiger partial charge in [-0.2, -0.15) is 0 Å². The van der Waals surface area contributed by atoms with Crippen LogP contribution in [0.5, 0.6) is 5.75 Å². The fraction of sp³-hybridized carbons (Fsp3) is 0.429. The maximum atomic E-state index is 11.8. The van der Waals surface area contributed by atoms with Gasteiger partial charge in [0, 0.05) is 18.0 Å². The van der Waals surface area contributed by atoms with Crippen molar-refractivity contribution < 1.29 is 14.3 Å². The number of carbonyl (C=O) groups is 2. The van der Waals surface area contributed by atoms with Crippen molar-refractivity contribution in [3.8, 4) is 5.75 Å². The Hall–Kier alpha value is -1.95. The summed E-state index contributed by atoms with van der Waals surface area (Å²) >= 11 is 5.89. The highest BCUT2D eigenvalue weighted by atomic mass is 35.5. The molecule has 0 aromatic heterocycles. The SMILES string of the molecule is COc1ccc(Cl)cc1NC(=O)CCCCCNC(N)=O. The Morgan fingerprint density at radius 2 is 2.05 bits per heavy atom. The Morgan fingerprint density at radius 3 is 2.71 bits per heavy atom. The Kier molecular flexibility index (Phi) is 7.39. The Balaban J connectivity index is 2.31. The minimum Gasteiger partial charge on any atom is -0.495 e. The first-order valence-corrected chi connectivity index (χ1v) is 7.07. The van der Waals surface area contributed by atoms with Crippen molar-refractivity contribution in [2.45, 2.75) is 25.7 Å². The summed E-state index contributed by atoms with van der Waals surface area (Å²) in [5.41, 5.74) is 5.50. The molecule has 0 fully saturated rings. The highest BCUT2D eigenvalue weighted by Gasteiger charge is 2.08. The topological polar surface area (TPSA) is 93.4 Å². The van der Waals surface area contributed by atoms with Gasteiger partial charge in [-0.1, -0.05) is 18.0 Å². The fourth-order valence-corrected chi connectivity index (χ4v) is 1.96. The molecular formula is C14H20ClN3O3. The zero-order valence-electron chi connectivity index (χ0n) is 11.9. The highest BCUT2D eigenvalue weighted by molar-refractivity contribution is 6.31. The number of methoxy groups -OCH3 is 1. The molecule has 0 heterocycles. The summed E-state index contributed by atoms with van der Waals surface area (Å²) in [6.07, 6.45) is 2.75. The maximum Gasteiger partial charge on any atom is 0.312 e. The molecule has 0 unspecified atom stereocenters. The molecule has 1 rings (SSSR count). The van der Waals surface area contributed by atoms with Crippen LogP contribution in [0.15, 0.2) is 18.2 Å². The molecule has 0 saturated heterocycles. The van der Waals surface area contributed by atoms with E-state index in [1.54, 1.807) is 18.2 Å². The average Bonchev–Trinajstić information content (AvgIpc) is 2.42. The molecule has 1 aromatic carbocycles. The lowest BCUT2D eigenvalue weighted by molar-refractivity contribution is -0.116. The first-order valence-electron chi connectivity index (χ1n) is 6.69. The maximum absolute atomic E-state index is 11.8. The lowest BCUT2D eigenvalue weighted by atomic mass is 10.2. The van der Waals surface area contributed by atoms with Crippen molar-refractivity contribution >= 4 is 29.2 Å². The molecule has 1 aromatic rings. The number of primary amides is 1. The van der Waals surface area contributed by atoms with Gasteiger partial charge >= 0.3 is 6.03 Å². The van der Waals surface area contributed by atoms with E-state index in [2.05, 4.69) is 10.6 Å². The zero-order chi connectivity index (χ0) is 15.7. The van der Waals surface area contributed by atoms with Crippen molar-refractivity contribution in [1.29, 1.82) is 0 Å². The lowest BCUT2D eigenvalue weighted by Crippen LogP contribution is -2.29. The third kappa shape index (κ3) is 6.85. The summed E-state index contributed by atoms with van der Waals surface area (Å²) in [6, 6.07) is 4.52. The van der Waals surface area contributed by atoms with Crippen LogP contribution >= 0.6 is 11.6 Å². The van der Waals surface area contributed by atoms with Gasteiger partial charge in [-0.25, -0.2) is 4.79 Å². The number of amides is 3. The molecule has 0 aliphatic carbocycles. The number of halogens is 1. The molecule has 0 atom stereocenters. The molecule has 0 saturated carbocycles. The first kappa shape index (κ1) is 17.1. The Labute approximate surface area is 129 Å². The van der Waals surface area contributed by atoms with E-state index in [1.165, 1.54) is 7.11 Å². The van der Waals surface area contributed by atoms with E-state index >= 15 is 0 Å². The molecule has 4 N–H and O–H groups in total. The summed E-state index contributed by atoms with van der Waals surface area (Å²) < 4.78 is 5.16. The Morgan fingerprint density at radius 1 is 1.29 bits per heavy atom. The van der Waals surface area contributed by atoms with E-state index in [1.807, 2.05) is 0 Å². The summed E-state index contributed by atoms with van der Waals surface area (Å²) in [5.74, 6) is 0.469. The van der Waals surface area contributed by atoms with Crippen LogP contribution in [-0.2, 0) is 4.79 Å². The van der Waals surface area contributed by atoms with Gasteiger partial charge in [0.2, 0.25) is 5.91 Å². The van der Waals surface area contributed by atoms with E-state index in [0.29, 0.717) is 29.4 Å². The van der Waals surface area contributed by atoms with E-state index in [-0.39, 0.29) is 5.91 Å². The monoisotopic (exact) mass is 313 g/mol.